The summed E-state index contributed by atoms with van der Waals surface area (Å²) in [6.45, 7) is 7.76. The molecule has 0 N–H and O–H groups in total. The number of thiophene rings is 1. The lowest BCUT2D eigenvalue weighted by molar-refractivity contribution is -0.00668. The molecule has 0 bridgehead atoms. The van der Waals surface area contributed by atoms with Crippen LogP contribution in [0.1, 0.15) is 20.8 Å². The minimum atomic E-state index is -0.0797. The molecule has 0 aliphatic carbocycles. The predicted octanol–water partition coefficient (Wildman–Crippen LogP) is 3.43. The van der Waals surface area contributed by atoms with Crippen molar-refractivity contribution in [2.24, 2.45) is 0 Å². The van der Waals surface area contributed by atoms with Crippen LogP contribution < -0.4 is 0 Å². The monoisotopic (exact) mass is 250 g/mol. The molecule has 0 spiro atoms. The Kier molecular flexibility index (Phi) is 3.64. The number of aromatic nitrogens is 2. The van der Waals surface area contributed by atoms with Gasteiger partial charge < -0.3 is 9.30 Å². The van der Waals surface area contributed by atoms with Crippen molar-refractivity contribution in [3.05, 3.63) is 29.9 Å². The summed E-state index contributed by atoms with van der Waals surface area (Å²) in [6.07, 6.45) is 3.84. The van der Waals surface area contributed by atoms with Crippen molar-refractivity contribution in [2.45, 2.75) is 32.9 Å². The van der Waals surface area contributed by atoms with Crippen LogP contribution in [0.4, 0.5) is 0 Å². The van der Waals surface area contributed by atoms with Gasteiger partial charge in [0.25, 0.3) is 0 Å². The molecule has 2 heterocycles. The average Bonchev–Trinajstić information content (AvgIpc) is 2.82. The first kappa shape index (κ1) is 12.3. The average molecular weight is 250 g/mol. The maximum atomic E-state index is 5.73. The number of ether oxygens (including phenoxy) is 1. The second-order valence-corrected chi connectivity index (χ2v) is 5.83. The Balaban J connectivity index is 2.01. The van der Waals surface area contributed by atoms with Crippen LogP contribution in [-0.4, -0.2) is 21.8 Å². The maximum absolute atomic E-state index is 5.73. The van der Waals surface area contributed by atoms with Crippen LogP contribution >= 0.6 is 11.3 Å². The summed E-state index contributed by atoms with van der Waals surface area (Å²) in [5.74, 6) is 1.03. The molecule has 0 saturated heterocycles. The molecule has 0 radical (unpaired) electrons. The fourth-order valence-corrected chi connectivity index (χ4v) is 2.31. The molecule has 17 heavy (non-hydrogen) atoms. The van der Waals surface area contributed by atoms with E-state index in [1.54, 1.807) is 11.3 Å². The third-order valence-corrected chi connectivity index (χ3v) is 3.19. The summed E-state index contributed by atoms with van der Waals surface area (Å²) < 4.78 is 7.87. The fraction of sp³-hybridized carbons (Fsp3) is 0.462. The molecule has 0 saturated carbocycles. The van der Waals surface area contributed by atoms with Crippen molar-refractivity contribution in [1.82, 2.24) is 9.55 Å². The molecule has 92 valence electrons. The zero-order valence-electron chi connectivity index (χ0n) is 10.5. The van der Waals surface area contributed by atoms with Gasteiger partial charge in [-0.15, -0.1) is 11.3 Å². The van der Waals surface area contributed by atoms with E-state index in [4.69, 9.17) is 4.74 Å². The number of rotatable bonds is 4. The lowest BCUT2D eigenvalue weighted by Crippen LogP contribution is -2.21. The standard InChI is InChI=1S/C13H18N2OS/c1-13(2,3)16-9-8-15-7-6-14-12(15)11-5-4-10-17-11/h4-7,10H,8-9H2,1-3H3. The van der Waals surface area contributed by atoms with Gasteiger partial charge in [-0.1, -0.05) is 6.07 Å². The Labute approximate surface area is 106 Å². The highest BCUT2D eigenvalue weighted by molar-refractivity contribution is 7.13. The van der Waals surface area contributed by atoms with Gasteiger partial charge in [0.05, 0.1) is 17.1 Å². The second-order valence-electron chi connectivity index (χ2n) is 4.88. The Bertz CT molecular complexity index is 454. The zero-order valence-corrected chi connectivity index (χ0v) is 11.3. The third-order valence-electron chi connectivity index (χ3n) is 2.32. The molecule has 4 heteroatoms. The largest absolute Gasteiger partial charge is 0.374 e. The molecule has 0 atom stereocenters. The molecular weight excluding hydrogens is 232 g/mol. The van der Waals surface area contributed by atoms with Crippen molar-refractivity contribution < 1.29 is 4.74 Å². The van der Waals surface area contributed by atoms with E-state index in [0.29, 0.717) is 6.61 Å². The van der Waals surface area contributed by atoms with Gasteiger partial charge in [0.15, 0.2) is 0 Å². The first-order valence-electron chi connectivity index (χ1n) is 5.75. The SMILES string of the molecule is CC(C)(C)OCCn1ccnc1-c1cccs1. The fourth-order valence-electron chi connectivity index (χ4n) is 1.57. The summed E-state index contributed by atoms with van der Waals surface area (Å²) >= 11 is 1.71. The summed E-state index contributed by atoms with van der Waals surface area (Å²) in [7, 11) is 0. The Morgan fingerprint density at radius 3 is 2.88 bits per heavy atom. The molecule has 0 aromatic carbocycles. The molecule has 2 rings (SSSR count). The number of imidazole rings is 1. The van der Waals surface area contributed by atoms with Gasteiger partial charge in [0.1, 0.15) is 5.82 Å². The lowest BCUT2D eigenvalue weighted by atomic mass is 10.2. The van der Waals surface area contributed by atoms with Crippen LogP contribution in [0.15, 0.2) is 29.9 Å². The van der Waals surface area contributed by atoms with E-state index in [-0.39, 0.29) is 5.60 Å². The van der Waals surface area contributed by atoms with Gasteiger partial charge in [-0.3, -0.25) is 0 Å². The summed E-state index contributed by atoms with van der Waals surface area (Å²) in [6, 6.07) is 4.14. The highest BCUT2D eigenvalue weighted by Gasteiger charge is 2.11. The highest BCUT2D eigenvalue weighted by atomic mass is 32.1. The van der Waals surface area contributed by atoms with E-state index in [1.165, 1.54) is 4.88 Å². The van der Waals surface area contributed by atoms with Crippen molar-refractivity contribution >= 4 is 11.3 Å². The van der Waals surface area contributed by atoms with Crippen molar-refractivity contribution in [3.8, 4) is 10.7 Å². The van der Waals surface area contributed by atoms with E-state index in [2.05, 4.69) is 41.8 Å². The van der Waals surface area contributed by atoms with Crippen molar-refractivity contribution in [3.63, 3.8) is 0 Å². The number of nitrogens with zero attached hydrogens (tertiary/aromatic N) is 2. The molecule has 2 aromatic heterocycles. The molecule has 0 amide bonds. The molecule has 2 aromatic rings. The Hall–Kier alpha value is -1.13. The van der Waals surface area contributed by atoms with Gasteiger partial charge in [0, 0.05) is 18.9 Å². The van der Waals surface area contributed by atoms with Crippen LogP contribution in [0, 0.1) is 0 Å². The summed E-state index contributed by atoms with van der Waals surface area (Å²) in [5, 5.41) is 2.07. The zero-order chi connectivity index (χ0) is 12.3. The van der Waals surface area contributed by atoms with Crippen LogP contribution in [-0.2, 0) is 11.3 Å². The minimum Gasteiger partial charge on any atom is -0.374 e. The molecule has 3 nitrogen and oxygen atoms in total. The van der Waals surface area contributed by atoms with Gasteiger partial charge in [-0.05, 0) is 32.2 Å². The van der Waals surface area contributed by atoms with Crippen LogP contribution in [0.5, 0.6) is 0 Å². The number of hydrogen-bond acceptors (Lipinski definition) is 3. The first-order chi connectivity index (χ1) is 8.06. The highest BCUT2D eigenvalue weighted by Crippen LogP contribution is 2.22. The van der Waals surface area contributed by atoms with E-state index in [0.717, 1.165) is 12.4 Å². The van der Waals surface area contributed by atoms with Crippen LogP contribution in [0.3, 0.4) is 0 Å². The molecule has 0 unspecified atom stereocenters. The molecular formula is C13H18N2OS. The minimum absolute atomic E-state index is 0.0797. The van der Waals surface area contributed by atoms with Gasteiger partial charge in [-0.2, -0.15) is 0 Å². The van der Waals surface area contributed by atoms with E-state index >= 15 is 0 Å². The topological polar surface area (TPSA) is 27.1 Å². The van der Waals surface area contributed by atoms with Gasteiger partial charge >= 0.3 is 0 Å². The van der Waals surface area contributed by atoms with E-state index in [9.17, 15) is 0 Å². The van der Waals surface area contributed by atoms with Crippen LogP contribution in [0.2, 0.25) is 0 Å². The van der Waals surface area contributed by atoms with E-state index < -0.39 is 0 Å². The summed E-state index contributed by atoms with van der Waals surface area (Å²) in [5.41, 5.74) is -0.0797. The number of hydrogen-bond donors (Lipinski definition) is 0. The maximum Gasteiger partial charge on any atom is 0.150 e. The van der Waals surface area contributed by atoms with Gasteiger partial charge in [-0.25, -0.2) is 4.98 Å². The van der Waals surface area contributed by atoms with E-state index in [1.807, 2.05) is 18.5 Å². The summed E-state index contributed by atoms with van der Waals surface area (Å²) in [4.78, 5) is 5.59. The van der Waals surface area contributed by atoms with Gasteiger partial charge in [0.2, 0.25) is 0 Å². The van der Waals surface area contributed by atoms with Crippen molar-refractivity contribution in [1.29, 1.82) is 0 Å². The predicted molar refractivity (Wildman–Crippen MR) is 71.2 cm³/mol. The normalized spacial score (nSPS) is 11.9. The van der Waals surface area contributed by atoms with Crippen LogP contribution in [0.25, 0.3) is 10.7 Å². The second kappa shape index (κ2) is 5.02. The molecule has 0 fully saturated rings. The molecule has 0 aliphatic heterocycles. The van der Waals surface area contributed by atoms with Crippen molar-refractivity contribution in [2.75, 3.05) is 6.61 Å². The first-order valence-corrected chi connectivity index (χ1v) is 6.63. The lowest BCUT2D eigenvalue weighted by Gasteiger charge is -2.19. The quantitative estimate of drug-likeness (QED) is 0.831. The molecule has 0 aliphatic rings. The Morgan fingerprint density at radius 2 is 2.24 bits per heavy atom. The third kappa shape index (κ3) is 3.41. The Morgan fingerprint density at radius 1 is 1.41 bits per heavy atom. The smallest absolute Gasteiger partial charge is 0.150 e.